The largest absolute Gasteiger partial charge is 0.479 e. The molecule has 2 atom stereocenters. The number of carboxylic acid groups (broad SMARTS) is 1. The summed E-state index contributed by atoms with van der Waals surface area (Å²) in [5.74, 6) is -1.28. The van der Waals surface area contributed by atoms with Crippen molar-refractivity contribution < 1.29 is 20.1 Å². The van der Waals surface area contributed by atoms with E-state index in [1.807, 2.05) is 0 Å². The van der Waals surface area contributed by atoms with Gasteiger partial charge < -0.3 is 15.3 Å². The molecule has 1 rings (SSSR count). The molecule has 4 nitrogen and oxygen atoms in total. The molecule has 0 heterocycles. The Morgan fingerprint density at radius 3 is 2.75 bits per heavy atom. The summed E-state index contributed by atoms with van der Waals surface area (Å²) in [6.45, 7) is 0. The number of rotatable bonds is 2. The van der Waals surface area contributed by atoms with E-state index in [0.717, 1.165) is 0 Å². The standard InChI is InChI=1S/C8H10O4/c9-6-3-1-5(2-4-6)7(10)8(11)12/h1-3,6-7,9-10H,4H2,(H,11,12). The Morgan fingerprint density at radius 1 is 1.67 bits per heavy atom. The smallest absolute Gasteiger partial charge is 0.337 e. The molecular weight excluding hydrogens is 160 g/mol. The fourth-order valence-electron chi connectivity index (χ4n) is 0.971. The molecule has 3 N–H and O–H groups in total. The van der Waals surface area contributed by atoms with Crippen LogP contribution < -0.4 is 0 Å². The van der Waals surface area contributed by atoms with Crippen LogP contribution in [0.2, 0.25) is 0 Å². The van der Waals surface area contributed by atoms with Crippen LogP contribution in [0.25, 0.3) is 0 Å². The summed E-state index contributed by atoms with van der Waals surface area (Å²) in [6, 6.07) is 0. The van der Waals surface area contributed by atoms with E-state index >= 15 is 0 Å². The number of aliphatic hydroxyl groups excluding tert-OH is 2. The first-order chi connectivity index (χ1) is 5.61. The first-order valence-electron chi connectivity index (χ1n) is 3.58. The molecule has 0 fully saturated rings. The molecule has 66 valence electrons. The summed E-state index contributed by atoms with van der Waals surface area (Å²) in [5.41, 5.74) is 0.327. The fraction of sp³-hybridized carbons (Fsp3) is 0.375. The van der Waals surface area contributed by atoms with Gasteiger partial charge in [-0.25, -0.2) is 4.79 Å². The maximum absolute atomic E-state index is 10.3. The van der Waals surface area contributed by atoms with Crippen molar-refractivity contribution in [1.29, 1.82) is 0 Å². The third-order valence-corrected chi connectivity index (χ3v) is 1.66. The molecule has 2 unspecified atom stereocenters. The van der Waals surface area contributed by atoms with E-state index in [1.165, 1.54) is 18.2 Å². The summed E-state index contributed by atoms with van der Waals surface area (Å²) in [5, 5.41) is 26.4. The SMILES string of the molecule is O=C(O)C(O)C1=CCC(O)C=C1. The van der Waals surface area contributed by atoms with Gasteiger partial charge in [-0.3, -0.25) is 0 Å². The number of hydrogen-bond donors (Lipinski definition) is 3. The minimum atomic E-state index is -1.48. The number of carboxylic acids is 1. The Kier molecular flexibility index (Phi) is 2.62. The van der Waals surface area contributed by atoms with Crippen molar-refractivity contribution in [2.75, 3.05) is 0 Å². The second kappa shape index (κ2) is 3.51. The predicted octanol–water partition coefficient (Wildman–Crippen LogP) is -0.321. The Bertz CT molecular complexity index is 241. The van der Waals surface area contributed by atoms with Crippen molar-refractivity contribution in [3.05, 3.63) is 23.8 Å². The molecule has 1 aliphatic rings. The van der Waals surface area contributed by atoms with Crippen LogP contribution in [-0.2, 0) is 4.79 Å². The van der Waals surface area contributed by atoms with Crippen LogP contribution in [0.4, 0.5) is 0 Å². The van der Waals surface area contributed by atoms with E-state index in [0.29, 0.717) is 12.0 Å². The van der Waals surface area contributed by atoms with Gasteiger partial charge in [0.05, 0.1) is 6.10 Å². The van der Waals surface area contributed by atoms with Gasteiger partial charge in [0.15, 0.2) is 6.10 Å². The lowest BCUT2D eigenvalue weighted by atomic mass is 10.0. The van der Waals surface area contributed by atoms with Gasteiger partial charge >= 0.3 is 5.97 Å². The quantitative estimate of drug-likeness (QED) is 0.530. The lowest BCUT2D eigenvalue weighted by molar-refractivity contribution is -0.144. The van der Waals surface area contributed by atoms with Crippen molar-refractivity contribution in [1.82, 2.24) is 0 Å². The summed E-state index contributed by atoms with van der Waals surface area (Å²) >= 11 is 0. The maximum Gasteiger partial charge on any atom is 0.337 e. The van der Waals surface area contributed by atoms with Crippen LogP contribution >= 0.6 is 0 Å². The van der Waals surface area contributed by atoms with E-state index in [4.69, 9.17) is 15.3 Å². The summed E-state index contributed by atoms with van der Waals surface area (Å²) in [4.78, 5) is 10.3. The van der Waals surface area contributed by atoms with Gasteiger partial charge in [0.1, 0.15) is 0 Å². The molecule has 0 aliphatic heterocycles. The second-order valence-corrected chi connectivity index (χ2v) is 2.61. The molecule has 12 heavy (non-hydrogen) atoms. The average molecular weight is 170 g/mol. The van der Waals surface area contributed by atoms with E-state index < -0.39 is 18.2 Å². The lowest BCUT2D eigenvalue weighted by Gasteiger charge is -2.12. The van der Waals surface area contributed by atoms with Crippen LogP contribution in [0, 0.1) is 0 Å². The zero-order chi connectivity index (χ0) is 9.14. The number of hydrogen-bond acceptors (Lipinski definition) is 3. The molecule has 0 spiro atoms. The second-order valence-electron chi connectivity index (χ2n) is 2.61. The molecule has 0 aromatic rings. The van der Waals surface area contributed by atoms with Gasteiger partial charge in [-0.1, -0.05) is 18.2 Å². The number of carbonyl (C=O) groups is 1. The van der Waals surface area contributed by atoms with Crippen LogP contribution in [-0.4, -0.2) is 33.5 Å². The van der Waals surface area contributed by atoms with Crippen molar-refractivity contribution in [3.63, 3.8) is 0 Å². The van der Waals surface area contributed by atoms with Crippen LogP contribution in [0.1, 0.15) is 6.42 Å². The van der Waals surface area contributed by atoms with Gasteiger partial charge in [0.2, 0.25) is 0 Å². The summed E-state index contributed by atoms with van der Waals surface area (Å²) in [6.07, 6.45) is 2.72. The molecule has 0 saturated heterocycles. The summed E-state index contributed by atoms with van der Waals surface area (Å²) < 4.78 is 0. The van der Waals surface area contributed by atoms with E-state index in [-0.39, 0.29) is 0 Å². The Hall–Kier alpha value is -1.13. The van der Waals surface area contributed by atoms with Crippen LogP contribution in [0.5, 0.6) is 0 Å². The summed E-state index contributed by atoms with van der Waals surface area (Å²) in [7, 11) is 0. The highest BCUT2D eigenvalue weighted by molar-refractivity contribution is 5.76. The van der Waals surface area contributed by atoms with Crippen LogP contribution in [0.3, 0.4) is 0 Å². The van der Waals surface area contributed by atoms with Gasteiger partial charge in [0.25, 0.3) is 0 Å². The van der Waals surface area contributed by atoms with Gasteiger partial charge in [-0.05, 0) is 12.0 Å². The molecule has 0 aromatic heterocycles. The van der Waals surface area contributed by atoms with Crippen molar-refractivity contribution >= 4 is 5.97 Å². The number of aliphatic carboxylic acids is 1. The van der Waals surface area contributed by atoms with Crippen molar-refractivity contribution in [3.8, 4) is 0 Å². The van der Waals surface area contributed by atoms with Crippen molar-refractivity contribution in [2.45, 2.75) is 18.6 Å². The van der Waals surface area contributed by atoms with E-state index in [1.54, 1.807) is 0 Å². The Morgan fingerprint density at radius 2 is 2.33 bits per heavy atom. The molecule has 0 amide bonds. The van der Waals surface area contributed by atoms with Gasteiger partial charge in [-0.15, -0.1) is 0 Å². The Balaban J connectivity index is 2.66. The first kappa shape index (κ1) is 8.96. The van der Waals surface area contributed by atoms with Crippen LogP contribution in [0.15, 0.2) is 23.8 Å². The topological polar surface area (TPSA) is 77.8 Å². The zero-order valence-corrected chi connectivity index (χ0v) is 6.34. The lowest BCUT2D eigenvalue weighted by Crippen LogP contribution is -2.22. The molecular formula is C8H10O4. The maximum atomic E-state index is 10.3. The first-order valence-corrected chi connectivity index (χ1v) is 3.58. The van der Waals surface area contributed by atoms with Gasteiger partial charge in [0, 0.05) is 0 Å². The number of aliphatic hydroxyl groups is 2. The molecule has 0 aromatic carbocycles. The van der Waals surface area contributed by atoms with Crippen molar-refractivity contribution in [2.24, 2.45) is 0 Å². The van der Waals surface area contributed by atoms with E-state index in [9.17, 15) is 4.79 Å². The molecule has 4 heteroatoms. The highest BCUT2D eigenvalue weighted by atomic mass is 16.4. The molecule has 0 bridgehead atoms. The van der Waals surface area contributed by atoms with Gasteiger partial charge in [-0.2, -0.15) is 0 Å². The zero-order valence-electron chi connectivity index (χ0n) is 6.34. The third-order valence-electron chi connectivity index (χ3n) is 1.66. The van der Waals surface area contributed by atoms with E-state index in [2.05, 4.69) is 0 Å². The molecule has 1 aliphatic carbocycles. The Labute approximate surface area is 69.5 Å². The average Bonchev–Trinajstić information content (AvgIpc) is 2.04. The highest BCUT2D eigenvalue weighted by Gasteiger charge is 2.18. The minimum absolute atomic E-state index is 0.327. The minimum Gasteiger partial charge on any atom is -0.479 e. The normalized spacial score (nSPS) is 24.8. The highest BCUT2D eigenvalue weighted by Crippen LogP contribution is 2.13. The molecule has 0 saturated carbocycles. The molecule has 0 radical (unpaired) electrons. The monoisotopic (exact) mass is 170 g/mol. The third kappa shape index (κ3) is 1.93. The predicted molar refractivity (Wildman–Crippen MR) is 41.5 cm³/mol. The fourth-order valence-corrected chi connectivity index (χ4v) is 0.971.